The van der Waals surface area contributed by atoms with Crippen LogP contribution in [-0.2, 0) is 5.75 Å². The summed E-state index contributed by atoms with van der Waals surface area (Å²) in [5.41, 5.74) is 3.64. The molecule has 0 saturated heterocycles. The van der Waals surface area contributed by atoms with Crippen molar-refractivity contribution in [3.05, 3.63) is 52.3 Å². The normalized spacial score (nSPS) is 22.0. The predicted octanol–water partition coefficient (Wildman–Crippen LogP) is 4.43. The fraction of sp³-hybridized carbons (Fsp3) is 0.353. The smallest absolute Gasteiger partial charge is 0.215 e. The van der Waals surface area contributed by atoms with Crippen molar-refractivity contribution < 1.29 is 0 Å². The molecule has 0 radical (unpaired) electrons. The summed E-state index contributed by atoms with van der Waals surface area (Å²) in [6, 6.07) is 10.3. The Labute approximate surface area is 143 Å². The van der Waals surface area contributed by atoms with Gasteiger partial charge in [0.25, 0.3) is 5.78 Å². The van der Waals surface area contributed by atoms with E-state index in [1.807, 2.05) is 18.2 Å². The highest BCUT2D eigenvalue weighted by Gasteiger charge is 2.45. The average Bonchev–Trinajstić information content (AvgIpc) is 3.16. The molecule has 2 aliphatic rings. The maximum absolute atomic E-state index is 6.59. The molecule has 2 aliphatic carbocycles. The van der Waals surface area contributed by atoms with Gasteiger partial charge in [-0.25, -0.2) is 4.98 Å². The van der Waals surface area contributed by atoms with Crippen LogP contribution in [0.2, 0.25) is 5.15 Å². The Kier molecular flexibility index (Phi) is 3.13. The third-order valence-corrected chi connectivity index (χ3v) is 6.20. The molecule has 2 aromatic heterocycles. The van der Waals surface area contributed by atoms with Crippen LogP contribution in [-0.4, -0.2) is 19.6 Å². The number of aromatic nitrogens is 4. The molecular weight excluding hydrogens is 328 g/mol. The van der Waals surface area contributed by atoms with Gasteiger partial charge in [0.05, 0.1) is 5.69 Å². The van der Waals surface area contributed by atoms with Crippen LogP contribution in [0.25, 0.3) is 5.78 Å². The van der Waals surface area contributed by atoms with Crippen molar-refractivity contribution >= 4 is 29.1 Å². The van der Waals surface area contributed by atoms with Crippen LogP contribution in [0, 0.1) is 0 Å². The zero-order valence-corrected chi connectivity index (χ0v) is 14.0. The molecule has 3 aromatic rings. The lowest BCUT2D eigenvalue weighted by Gasteiger charge is -2.33. The highest BCUT2D eigenvalue weighted by molar-refractivity contribution is 7.98. The van der Waals surface area contributed by atoms with Crippen molar-refractivity contribution in [2.24, 2.45) is 0 Å². The van der Waals surface area contributed by atoms with Gasteiger partial charge in [0.2, 0.25) is 5.16 Å². The minimum absolute atomic E-state index is 0.596. The third kappa shape index (κ3) is 2.10. The van der Waals surface area contributed by atoms with Gasteiger partial charge in [-0.3, -0.25) is 0 Å². The number of fused-ring (bicyclic) bond motifs is 5. The maximum atomic E-state index is 6.59. The Morgan fingerprint density at radius 1 is 1.13 bits per heavy atom. The zero-order valence-electron chi connectivity index (χ0n) is 12.4. The first kappa shape index (κ1) is 13.8. The van der Waals surface area contributed by atoms with Crippen molar-refractivity contribution in [2.45, 2.75) is 42.0 Å². The van der Waals surface area contributed by atoms with Crippen LogP contribution in [0.1, 0.15) is 47.9 Å². The molecule has 2 heterocycles. The Morgan fingerprint density at radius 2 is 1.96 bits per heavy atom. The van der Waals surface area contributed by atoms with Gasteiger partial charge in [-0.1, -0.05) is 60.1 Å². The van der Waals surface area contributed by atoms with E-state index in [-0.39, 0.29) is 0 Å². The molecule has 23 heavy (non-hydrogen) atoms. The molecule has 0 N–H and O–H groups in total. The third-order valence-electron chi connectivity index (χ3n) is 4.92. The summed E-state index contributed by atoms with van der Waals surface area (Å²) in [4.78, 5) is 9.29. The average molecular weight is 343 g/mol. The van der Waals surface area contributed by atoms with Crippen LogP contribution in [0.15, 0.2) is 35.5 Å². The molecule has 116 valence electrons. The Morgan fingerprint density at radius 3 is 2.83 bits per heavy atom. The van der Waals surface area contributed by atoms with Gasteiger partial charge in [-0.05, 0) is 24.3 Å². The number of rotatable bonds is 3. The van der Waals surface area contributed by atoms with Gasteiger partial charge in [0.15, 0.2) is 0 Å². The lowest BCUT2D eigenvalue weighted by molar-refractivity contribution is 0.515. The Hall–Kier alpha value is -1.59. The summed E-state index contributed by atoms with van der Waals surface area (Å²) in [5, 5.41) is 6.00. The molecule has 4 nitrogen and oxygen atoms in total. The molecule has 0 spiro atoms. The number of thioether (sulfide) groups is 1. The molecule has 2 atom stereocenters. The summed E-state index contributed by atoms with van der Waals surface area (Å²) < 4.78 is 1.71. The highest BCUT2D eigenvalue weighted by atomic mass is 35.5. The van der Waals surface area contributed by atoms with E-state index in [0.29, 0.717) is 22.8 Å². The Bertz CT molecular complexity index is 892. The first-order valence-electron chi connectivity index (χ1n) is 7.94. The molecule has 5 rings (SSSR count). The SMILES string of the molecule is Clc1c2c(nc3nc(SCc4ccccc4)nn13)C1CCCC21. The van der Waals surface area contributed by atoms with E-state index < -0.39 is 0 Å². The van der Waals surface area contributed by atoms with Gasteiger partial charge in [0, 0.05) is 17.2 Å². The summed E-state index contributed by atoms with van der Waals surface area (Å²) in [7, 11) is 0. The lowest BCUT2D eigenvalue weighted by Crippen LogP contribution is -2.23. The van der Waals surface area contributed by atoms with E-state index in [4.69, 9.17) is 16.6 Å². The van der Waals surface area contributed by atoms with Crippen LogP contribution >= 0.6 is 23.4 Å². The van der Waals surface area contributed by atoms with Crippen molar-refractivity contribution in [3.63, 3.8) is 0 Å². The molecule has 1 aromatic carbocycles. The minimum Gasteiger partial charge on any atom is -0.215 e. The second-order valence-corrected chi connectivity index (χ2v) is 7.53. The predicted molar refractivity (Wildman–Crippen MR) is 91.1 cm³/mol. The zero-order chi connectivity index (χ0) is 15.4. The van der Waals surface area contributed by atoms with E-state index in [9.17, 15) is 0 Å². The second-order valence-electron chi connectivity index (χ2n) is 6.23. The first-order chi connectivity index (χ1) is 11.3. The quantitative estimate of drug-likeness (QED) is 0.521. The summed E-state index contributed by atoms with van der Waals surface area (Å²) in [6.07, 6.45) is 3.74. The van der Waals surface area contributed by atoms with E-state index in [0.717, 1.165) is 16.6 Å². The molecule has 1 fully saturated rings. The van der Waals surface area contributed by atoms with E-state index in [1.165, 1.54) is 30.4 Å². The standard InChI is InChI=1S/C17H15ClN4S/c18-15-13-11-7-4-8-12(11)14(13)19-16-20-17(21-22(15)16)23-9-10-5-2-1-3-6-10/h1-3,5-6,11-12H,4,7-9H2. The van der Waals surface area contributed by atoms with Crippen molar-refractivity contribution in [2.75, 3.05) is 0 Å². The number of halogens is 1. The molecule has 0 amide bonds. The van der Waals surface area contributed by atoms with Gasteiger partial charge in [0.1, 0.15) is 5.15 Å². The molecule has 6 heteroatoms. The topological polar surface area (TPSA) is 43.1 Å². The van der Waals surface area contributed by atoms with Gasteiger partial charge in [-0.2, -0.15) is 9.50 Å². The monoisotopic (exact) mass is 342 g/mol. The van der Waals surface area contributed by atoms with E-state index >= 15 is 0 Å². The number of hydrogen-bond acceptors (Lipinski definition) is 4. The molecule has 2 unspecified atom stereocenters. The first-order valence-corrected chi connectivity index (χ1v) is 9.30. The molecule has 0 bridgehead atoms. The lowest BCUT2D eigenvalue weighted by atomic mass is 9.74. The van der Waals surface area contributed by atoms with Crippen molar-refractivity contribution in [1.82, 2.24) is 19.6 Å². The fourth-order valence-corrected chi connectivity index (χ4v) is 4.95. The minimum atomic E-state index is 0.596. The van der Waals surface area contributed by atoms with E-state index in [2.05, 4.69) is 22.2 Å². The summed E-state index contributed by atoms with van der Waals surface area (Å²) in [5.74, 6) is 2.68. The van der Waals surface area contributed by atoms with Gasteiger partial charge >= 0.3 is 0 Å². The Balaban J connectivity index is 1.47. The van der Waals surface area contributed by atoms with Gasteiger partial charge < -0.3 is 0 Å². The maximum Gasteiger partial charge on any atom is 0.254 e. The largest absolute Gasteiger partial charge is 0.254 e. The highest BCUT2D eigenvalue weighted by Crippen LogP contribution is 2.57. The van der Waals surface area contributed by atoms with Crippen LogP contribution in [0.5, 0.6) is 0 Å². The van der Waals surface area contributed by atoms with E-state index in [1.54, 1.807) is 16.3 Å². The summed E-state index contributed by atoms with van der Waals surface area (Å²) in [6.45, 7) is 0. The number of nitrogens with zero attached hydrogens (tertiary/aromatic N) is 4. The van der Waals surface area contributed by atoms with Crippen LogP contribution in [0.4, 0.5) is 0 Å². The summed E-state index contributed by atoms with van der Waals surface area (Å²) >= 11 is 8.21. The second kappa shape index (κ2) is 5.21. The van der Waals surface area contributed by atoms with Crippen LogP contribution in [0.3, 0.4) is 0 Å². The molecular formula is C17H15ClN4S. The fourth-order valence-electron chi connectivity index (χ4n) is 3.82. The molecule has 1 saturated carbocycles. The number of benzene rings is 1. The van der Waals surface area contributed by atoms with Crippen LogP contribution < -0.4 is 0 Å². The molecule has 0 aliphatic heterocycles. The number of hydrogen-bond donors (Lipinski definition) is 0. The van der Waals surface area contributed by atoms with Crippen molar-refractivity contribution in [1.29, 1.82) is 0 Å². The van der Waals surface area contributed by atoms with Crippen molar-refractivity contribution in [3.8, 4) is 0 Å². The van der Waals surface area contributed by atoms with Gasteiger partial charge in [-0.15, -0.1) is 5.10 Å².